The fourth-order valence-electron chi connectivity index (χ4n) is 2.24. The molecule has 0 aliphatic heterocycles. The highest BCUT2D eigenvalue weighted by Gasteiger charge is 2.13. The van der Waals surface area contributed by atoms with Crippen LogP contribution in [0.1, 0.15) is 25.2 Å². The molecule has 4 nitrogen and oxygen atoms in total. The van der Waals surface area contributed by atoms with Gasteiger partial charge in [0.1, 0.15) is 5.82 Å². The molecule has 0 saturated heterocycles. The minimum absolute atomic E-state index is 0.197. The van der Waals surface area contributed by atoms with E-state index >= 15 is 0 Å². The summed E-state index contributed by atoms with van der Waals surface area (Å²) in [6, 6.07) is 8.35. The van der Waals surface area contributed by atoms with Gasteiger partial charge in [-0.2, -0.15) is 0 Å². The highest BCUT2D eigenvalue weighted by Crippen LogP contribution is 2.18. The summed E-state index contributed by atoms with van der Waals surface area (Å²) in [5.41, 5.74) is 2.18. The Balaban J connectivity index is 2.03. The van der Waals surface area contributed by atoms with Crippen LogP contribution >= 0.6 is 0 Å². The van der Waals surface area contributed by atoms with E-state index in [1.54, 1.807) is 6.26 Å². The lowest BCUT2D eigenvalue weighted by molar-refractivity contribution is 0.532. The average Bonchev–Trinajstić information content (AvgIpc) is 2.72. The van der Waals surface area contributed by atoms with Crippen LogP contribution in [0.2, 0.25) is 0 Å². The summed E-state index contributed by atoms with van der Waals surface area (Å²) in [4.78, 5) is 4.67. The first kappa shape index (κ1) is 14.2. The van der Waals surface area contributed by atoms with Crippen molar-refractivity contribution in [3.8, 4) is 0 Å². The predicted octanol–water partition coefficient (Wildman–Crippen LogP) is 1.99. The fourth-order valence-corrected chi connectivity index (χ4v) is 2.79. The van der Waals surface area contributed by atoms with Crippen LogP contribution in [-0.4, -0.2) is 32.3 Å². The molecule has 0 aliphatic carbocycles. The van der Waals surface area contributed by atoms with Gasteiger partial charge < -0.3 is 9.88 Å². The van der Waals surface area contributed by atoms with Crippen molar-refractivity contribution < 1.29 is 4.21 Å². The predicted molar refractivity (Wildman–Crippen MR) is 80.7 cm³/mol. The maximum atomic E-state index is 11.0. The van der Waals surface area contributed by atoms with Gasteiger partial charge in [0.25, 0.3) is 0 Å². The van der Waals surface area contributed by atoms with Crippen molar-refractivity contribution in [3.05, 3.63) is 30.1 Å². The number of rotatable bonds is 6. The quantitative estimate of drug-likeness (QED) is 0.823. The molecule has 2 rings (SSSR count). The number of aryl methyl sites for hydroxylation is 1. The van der Waals surface area contributed by atoms with E-state index in [4.69, 9.17) is 0 Å². The monoisotopic (exact) mass is 279 g/mol. The number of hydrogen-bond acceptors (Lipinski definition) is 3. The molecule has 1 N–H and O–H groups in total. The third kappa shape index (κ3) is 3.42. The van der Waals surface area contributed by atoms with E-state index in [2.05, 4.69) is 27.9 Å². The smallest absolute Gasteiger partial charge is 0.126 e. The molecule has 0 saturated carbocycles. The molecule has 1 aromatic carbocycles. The zero-order valence-corrected chi connectivity index (χ0v) is 12.5. The summed E-state index contributed by atoms with van der Waals surface area (Å²) in [7, 11) is 1.34. The first-order chi connectivity index (χ1) is 9.09. The number of imidazole rings is 1. The molecule has 1 heterocycles. The molecule has 19 heavy (non-hydrogen) atoms. The van der Waals surface area contributed by atoms with Crippen molar-refractivity contribution in [1.82, 2.24) is 14.9 Å². The number of benzene rings is 1. The molecule has 0 amide bonds. The third-order valence-corrected chi connectivity index (χ3v) is 4.13. The van der Waals surface area contributed by atoms with Gasteiger partial charge in [-0.1, -0.05) is 12.1 Å². The van der Waals surface area contributed by atoms with Crippen LogP contribution in [0.25, 0.3) is 11.0 Å². The van der Waals surface area contributed by atoms with Gasteiger partial charge in [0.2, 0.25) is 0 Å². The van der Waals surface area contributed by atoms with Gasteiger partial charge in [-0.05, 0) is 32.0 Å². The molecule has 2 aromatic rings. The lowest BCUT2D eigenvalue weighted by Gasteiger charge is -2.13. The van der Waals surface area contributed by atoms with E-state index in [0.717, 1.165) is 35.6 Å². The summed E-state index contributed by atoms with van der Waals surface area (Å²) < 4.78 is 13.1. The van der Waals surface area contributed by atoms with Gasteiger partial charge in [0.05, 0.1) is 17.1 Å². The Labute approximate surface area is 116 Å². The maximum absolute atomic E-state index is 11.0. The first-order valence-electron chi connectivity index (χ1n) is 6.54. The normalized spacial score (nSPS) is 14.7. The van der Waals surface area contributed by atoms with Crippen LogP contribution in [0.3, 0.4) is 0 Å². The van der Waals surface area contributed by atoms with Crippen molar-refractivity contribution in [2.24, 2.45) is 7.05 Å². The molecule has 5 heteroatoms. The van der Waals surface area contributed by atoms with E-state index < -0.39 is 10.8 Å². The van der Waals surface area contributed by atoms with Gasteiger partial charge in [0.15, 0.2) is 0 Å². The molecule has 0 spiro atoms. The molecule has 0 aliphatic rings. The SMILES string of the molecule is CC(NCCCS(C)=O)c1nc2ccccc2n1C. The lowest BCUT2D eigenvalue weighted by Crippen LogP contribution is -2.23. The number of fused-ring (bicyclic) bond motifs is 1. The van der Waals surface area contributed by atoms with Crippen LogP contribution in [0.4, 0.5) is 0 Å². The number of aromatic nitrogens is 2. The standard InChI is InChI=1S/C14H21N3OS/c1-11(15-9-6-10-19(3)18)14-16-12-7-4-5-8-13(12)17(14)2/h4-5,7-8,11,15H,6,9-10H2,1-3H3. The highest BCUT2D eigenvalue weighted by molar-refractivity contribution is 7.84. The average molecular weight is 279 g/mol. The van der Waals surface area contributed by atoms with Crippen LogP contribution in [0.5, 0.6) is 0 Å². The second-order valence-electron chi connectivity index (χ2n) is 4.82. The third-order valence-electron chi connectivity index (χ3n) is 3.27. The Bertz CT molecular complexity index is 579. The van der Waals surface area contributed by atoms with Gasteiger partial charge >= 0.3 is 0 Å². The Morgan fingerprint density at radius 2 is 2.16 bits per heavy atom. The van der Waals surface area contributed by atoms with E-state index in [1.165, 1.54) is 0 Å². The fraction of sp³-hybridized carbons (Fsp3) is 0.500. The van der Waals surface area contributed by atoms with E-state index in [-0.39, 0.29) is 6.04 Å². The first-order valence-corrected chi connectivity index (χ1v) is 8.27. The summed E-state index contributed by atoms with van der Waals surface area (Å²) >= 11 is 0. The molecule has 104 valence electrons. The van der Waals surface area contributed by atoms with Gasteiger partial charge in [0, 0.05) is 29.9 Å². The molecule has 2 atom stereocenters. The zero-order chi connectivity index (χ0) is 13.8. The van der Waals surface area contributed by atoms with Crippen molar-refractivity contribution in [3.63, 3.8) is 0 Å². The molecular weight excluding hydrogens is 258 g/mol. The van der Waals surface area contributed by atoms with Crippen LogP contribution in [-0.2, 0) is 17.8 Å². The number of nitrogens with zero attached hydrogens (tertiary/aromatic N) is 2. The van der Waals surface area contributed by atoms with Gasteiger partial charge in [-0.25, -0.2) is 4.98 Å². The largest absolute Gasteiger partial charge is 0.330 e. The highest BCUT2D eigenvalue weighted by atomic mass is 32.2. The Morgan fingerprint density at radius 3 is 2.84 bits per heavy atom. The lowest BCUT2D eigenvalue weighted by atomic mass is 10.3. The van der Waals surface area contributed by atoms with Gasteiger partial charge in [-0.3, -0.25) is 4.21 Å². The van der Waals surface area contributed by atoms with Crippen LogP contribution < -0.4 is 5.32 Å². The number of para-hydroxylation sites is 2. The van der Waals surface area contributed by atoms with Crippen molar-refractivity contribution >= 4 is 21.8 Å². The summed E-state index contributed by atoms with van der Waals surface area (Å²) in [6.45, 7) is 2.98. The number of hydrogen-bond donors (Lipinski definition) is 1. The summed E-state index contributed by atoms with van der Waals surface area (Å²) in [6.07, 6.45) is 2.67. The van der Waals surface area contributed by atoms with Crippen molar-refractivity contribution in [2.45, 2.75) is 19.4 Å². The molecule has 1 aromatic heterocycles. The second kappa shape index (κ2) is 6.30. The molecule has 2 unspecified atom stereocenters. The molecule has 0 fully saturated rings. The summed E-state index contributed by atoms with van der Waals surface area (Å²) in [5, 5.41) is 3.44. The Morgan fingerprint density at radius 1 is 1.42 bits per heavy atom. The van der Waals surface area contributed by atoms with Crippen molar-refractivity contribution in [2.75, 3.05) is 18.6 Å². The minimum atomic E-state index is -0.702. The Hall–Kier alpha value is -1.20. The second-order valence-corrected chi connectivity index (χ2v) is 6.38. The summed E-state index contributed by atoms with van der Waals surface area (Å²) in [5.74, 6) is 1.79. The molecule has 0 radical (unpaired) electrons. The van der Waals surface area contributed by atoms with Gasteiger partial charge in [-0.15, -0.1) is 0 Å². The van der Waals surface area contributed by atoms with Crippen molar-refractivity contribution in [1.29, 1.82) is 0 Å². The van der Waals surface area contributed by atoms with E-state index in [1.807, 2.05) is 25.2 Å². The topological polar surface area (TPSA) is 46.9 Å². The van der Waals surface area contributed by atoms with E-state index in [9.17, 15) is 4.21 Å². The van der Waals surface area contributed by atoms with Crippen LogP contribution in [0, 0.1) is 0 Å². The molecule has 0 bridgehead atoms. The minimum Gasteiger partial charge on any atom is -0.330 e. The molecular formula is C14H21N3OS. The van der Waals surface area contributed by atoms with E-state index in [0.29, 0.717) is 0 Å². The van der Waals surface area contributed by atoms with Crippen LogP contribution in [0.15, 0.2) is 24.3 Å². The maximum Gasteiger partial charge on any atom is 0.126 e. The zero-order valence-electron chi connectivity index (χ0n) is 11.7. The number of nitrogens with one attached hydrogen (secondary N) is 1. The Kier molecular flexibility index (Phi) is 4.71.